The van der Waals surface area contributed by atoms with Crippen LogP contribution in [0.3, 0.4) is 0 Å². The fourth-order valence-corrected chi connectivity index (χ4v) is 0.840. The van der Waals surface area contributed by atoms with Gasteiger partial charge in [-0.3, -0.25) is 9.59 Å². The SMILES string of the molecule is C/C=C(\C)C(CC(=O)O)OC(C)=O. The zero-order valence-electron chi connectivity index (χ0n) is 8.03. The van der Waals surface area contributed by atoms with Crippen molar-refractivity contribution in [2.75, 3.05) is 0 Å². The standard InChI is InChI=1S/C9H14O4/c1-4-6(2)8(5-9(11)12)13-7(3)10/h4,8H,5H2,1-3H3,(H,11,12)/b6-4+. The summed E-state index contributed by atoms with van der Waals surface area (Å²) in [6.45, 7) is 4.77. The topological polar surface area (TPSA) is 63.6 Å². The predicted molar refractivity (Wildman–Crippen MR) is 47.2 cm³/mol. The number of aliphatic carboxylic acids is 1. The molecule has 74 valence electrons. The highest BCUT2D eigenvalue weighted by Crippen LogP contribution is 2.10. The van der Waals surface area contributed by atoms with Gasteiger partial charge >= 0.3 is 11.9 Å². The minimum atomic E-state index is -0.979. The maximum atomic E-state index is 10.6. The number of carbonyl (C=O) groups excluding carboxylic acids is 1. The average Bonchev–Trinajstić information content (AvgIpc) is 2.00. The molecule has 0 radical (unpaired) electrons. The number of hydrogen-bond donors (Lipinski definition) is 1. The molecule has 4 nitrogen and oxygen atoms in total. The summed E-state index contributed by atoms with van der Waals surface area (Å²) in [5.74, 6) is -1.44. The van der Waals surface area contributed by atoms with Crippen molar-refractivity contribution in [3.63, 3.8) is 0 Å². The third kappa shape index (κ3) is 5.00. The smallest absolute Gasteiger partial charge is 0.307 e. The number of carboxylic acids is 1. The first-order valence-electron chi connectivity index (χ1n) is 3.99. The molecule has 13 heavy (non-hydrogen) atoms. The van der Waals surface area contributed by atoms with Gasteiger partial charge in [0, 0.05) is 6.92 Å². The molecular formula is C9H14O4. The van der Waals surface area contributed by atoms with Gasteiger partial charge in [0.15, 0.2) is 0 Å². The van der Waals surface area contributed by atoms with E-state index in [0.29, 0.717) is 0 Å². The zero-order valence-corrected chi connectivity index (χ0v) is 8.03. The van der Waals surface area contributed by atoms with Crippen LogP contribution in [0.5, 0.6) is 0 Å². The zero-order chi connectivity index (χ0) is 10.4. The number of carboxylic acid groups (broad SMARTS) is 1. The van der Waals surface area contributed by atoms with Gasteiger partial charge < -0.3 is 9.84 Å². The second kappa shape index (κ2) is 5.35. The lowest BCUT2D eigenvalue weighted by molar-refractivity contribution is -0.148. The molecule has 1 N–H and O–H groups in total. The quantitative estimate of drug-likeness (QED) is 0.531. The van der Waals surface area contributed by atoms with E-state index in [-0.39, 0.29) is 6.42 Å². The van der Waals surface area contributed by atoms with Crippen molar-refractivity contribution in [3.8, 4) is 0 Å². The van der Waals surface area contributed by atoms with Crippen molar-refractivity contribution >= 4 is 11.9 Å². The van der Waals surface area contributed by atoms with Gasteiger partial charge in [0.05, 0.1) is 6.42 Å². The number of allylic oxidation sites excluding steroid dienone is 1. The van der Waals surface area contributed by atoms with E-state index in [1.165, 1.54) is 6.92 Å². The van der Waals surface area contributed by atoms with Gasteiger partial charge in [0.1, 0.15) is 6.10 Å². The van der Waals surface area contributed by atoms with Crippen LogP contribution in [0.15, 0.2) is 11.6 Å². The third-order valence-corrected chi connectivity index (χ3v) is 1.63. The molecule has 0 aromatic heterocycles. The van der Waals surface area contributed by atoms with Gasteiger partial charge in [-0.25, -0.2) is 0 Å². The molecule has 0 aromatic carbocycles. The Kier molecular flexibility index (Phi) is 4.80. The summed E-state index contributed by atoms with van der Waals surface area (Å²) < 4.78 is 4.83. The fourth-order valence-electron chi connectivity index (χ4n) is 0.840. The number of esters is 1. The highest BCUT2D eigenvalue weighted by molar-refractivity contribution is 5.70. The van der Waals surface area contributed by atoms with E-state index in [0.717, 1.165) is 5.57 Å². The van der Waals surface area contributed by atoms with Gasteiger partial charge in [0.2, 0.25) is 0 Å². The molecule has 0 amide bonds. The Morgan fingerprint density at radius 3 is 2.31 bits per heavy atom. The minimum Gasteiger partial charge on any atom is -0.481 e. The van der Waals surface area contributed by atoms with Crippen molar-refractivity contribution in [1.29, 1.82) is 0 Å². The lowest BCUT2D eigenvalue weighted by Gasteiger charge is -2.15. The van der Waals surface area contributed by atoms with Crippen LogP contribution in [0.1, 0.15) is 27.2 Å². The maximum Gasteiger partial charge on any atom is 0.307 e. The van der Waals surface area contributed by atoms with Crippen LogP contribution in [0, 0.1) is 0 Å². The maximum absolute atomic E-state index is 10.6. The molecule has 0 spiro atoms. The lowest BCUT2D eigenvalue weighted by atomic mass is 10.1. The highest BCUT2D eigenvalue weighted by Gasteiger charge is 2.17. The Morgan fingerprint density at radius 1 is 1.46 bits per heavy atom. The molecule has 0 saturated carbocycles. The van der Waals surface area contributed by atoms with Crippen molar-refractivity contribution in [3.05, 3.63) is 11.6 Å². The van der Waals surface area contributed by atoms with Crippen LogP contribution in [0.4, 0.5) is 0 Å². The Labute approximate surface area is 77.2 Å². The van der Waals surface area contributed by atoms with E-state index in [2.05, 4.69) is 0 Å². The molecule has 0 aliphatic heterocycles. The van der Waals surface area contributed by atoms with Crippen LogP contribution >= 0.6 is 0 Å². The predicted octanol–water partition coefficient (Wildman–Crippen LogP) is 1.36. The van der Waals surface area contributed by atoms with Crippen LogP contribution in [-0.2, 0) is 14.3 Å². The largest absolute Gasteiger partial charge is 0.481 e. The third-order valence-electron chi connectivity index (χ3n) is 1.63. The van der Waals surface area contributed by atoms with Crippen LogP contribution in [-0.4, -0.2) is 23.1 Å². The Bertz CT molecular complexity index is 214. The first kappa shape index (κ1) is 11.7. The molecule has 0 aliphatic carbocycles. The molecule has 1 unspecified atom stereocenters. The van der Waals surface area contributed by atoms with Gasteiger partial charge in [-0.05, 0) is 19.4 Å². The molecule has 4 heteroatoms. The first-order valence-corrected chi connectivity index (χ1v) is 3.99. The summed E-state index contributed by atoms with van der Waals surface area (Å²) in [7, 11) is 0. The molecule has 1 atom stereocenters. The van der Waals surface area contributed by atoms with E-state index in [9.17, 15) is 9.59 Å². The van der Waals surface area contributed by atoms with E-state index < -0.39 is 18.0 Å². The molecule has 0 aliphatic rings. The van der Waals surface area contributed by atoms with Gasteiger partial charge in [-0.1, -0.05) is 6.08 Å². The lowest BCUT2D eigenvalue weighted by Crippen LogP contribution is -2.21. The van der Waals surface area contributed by atoms with Gasteiger partial charge in [0.25, 0.3) is 0 Å². The number of carbonyl (C=O) groups is 2. The number of rotatable bonds is 4. The first-order chi connectivity index (χ1) is 5.97. The second-order valence-electron chi connectivity index (χ2n) is 2.73. The molecule has 0 fully saturated rings. The number of hydrogen-bond acceptors (Lipinski definition) is 3. The van der Waals surface area contributed by atoms with Crippen LogP contribution in [0.25, 0.3) is 0 Å². The number of ether oxygens (including phenoxy) is 1. The highest BCUT2D eigenvalue weighted by atomic mass is 16.5. The van der Waals surface area contributed by atoms with Crippen molar-refractivity contribution in [2.24, 2.45) is 0 Å². The molecule has 0 saturated heterocycles. The Morgan fingerprint density at radius 2 is 2.00 bits per heavy atom. The average molecular weight is 186 g/mol. The van der Waals surface area contributed by atoms with Crippen molar-refractivity contribution < 1.29 is 19.4 Å². The normalized spacial score (nSPS) is 13.6. The monoisotopic (exact) mass is 186 g/mol. The fraction of sp³-hybridized carbons (Fsp3) is 0.556. The molecule has 0 heterocycles. The molecule has 0 aromatic rings. The second-order valence-corrected chi connectivity index (χ2v) is 2.73. The Balaban J connectivity index is 4.36. The van der Waals surface area contributed by atoms with Gasteiger partial charge in [-0.2, -0.15) is 0 Å². The van der Waals surface area contributed by atoms with E-state index in [1.807, 2.05) is 0 Å². The summed E-state index contributed by atoms with van der Waals surface area (Å²) in [4.78, 5) is 21.0. The van der Waals surface area contributed by atoms with Crippen LogP contribution < -0.4 is 0 Å². The summed E-state index contributed by atoms with van der Waals surface area (Å²) in [5, 5.41) is 8.52. The van der Waals surface area contributed by atoms with Crippen molar-refractivity contribution in [1.82, 2.24) is 0 Å². The molecule has 0 rings (SSSR count). The van der Waals surface area contributed by atoms with Gasteiger partial charge in [-0.15, -0.1) is 0 Å². The summed E-state index contributed by atoms with van der Waals surface area (Å²) in [5.41, 5.74) is 0.748. The van der Waals surface area contributed by atoms with E-state index >= 15 is 0 Å². The summed E-state index contributed by atoms with van der Waals surface area (Å²) >= 11 is 0. The van der Waals surface area contributed by atoms with E-state index in [1.54, 1.807) is 19.9 Å². The summed E-state index contributed by atoms with van der Waals surface area (Å²) in [6.07, 6.45) is 0.909. The summed E-state index contributed by atoms with van der Waals surface area (Å²) in [6, 6.07) is 0. The Hall–Kier alpha value is -1.32. The van der Waals surface area contributed by atoms with Crippen LogP contribution in [0.2, 0.25) is 0 Å². The van der Waals surface area contributed by atoms with Crippen molar-refractivity contribution in [2.45, 2.75) is 33.3 Å². The molecule has 0 bridgehead atoms. The minimum absolute atomic E-state index is 0.185. The molecular weight excluding hydrogens is 172 g/mol. The van der Waals surface area contributed by atoms with E-state index in [4.69, 9.17) is 9.84 Å².